The first-order valence-electron chi connectivity index (χ1n) is 8.89. The Labute approximate surface area is 160 Å². The smallest absolute Gasteiger partial charge is 0.412 e. The molecule has 28 heavy (non-hydrogen) atoms. The fraction of sp³-hybridized carbons (Fsp3) is 0.300. The topological polar surface area (TPSA) is 78.9 Å². The van der Waals surface area contributed by atoms with E-state index in [0.717, 1.165) is 17.7 Å². The van der Waals surface area contributed by atoms with Gasteiger partial charge in [-0.2, -0.15) is 0 Å². The Morgan fingerprint density at radius 2 is 1.79 bits per heavy atom. The van der Waals surface area contributed by atoms with Gasteiger partial charge in [-0.15, -0.1) is 0 Å². The maximum absolute atomic E-state index is 14.9. The summed E-state index contributed by atoms with van der Waals surface area (Å²) < 4.78 is 34.2. The van der Waals surface area contributed by atoms with Crippen molar-refractivity contribution in [2.24, 2.45) is 0 Å². The molecular formula is C20H20F2N2O4. The van der Waals surface area contributed by atoms with Crippen LogP contribution in [-0.2, 0) is 11.3 Å². The van der Waals surface area contributed by atoms with Gasteiger partial charge in [0.25, 0.3) is 0 Å². The van der Waals surface area contributed by atoms with Crippen LogP contribution in [0.3, 0.4) is 0 Å². The third-order valence-electron chi connectivity index (χ3n) is 4.75. The highest BCUT2D eigenvalue weighted by atomic mass is 19.1. The fourth-order valence-corrected chi connectivity index (χ4v) is 3.27. The molecule has 2 N–H and O–H groups in total. The average molecular weight is 390 g/mol. The lowest BCUT2D eigenvalue weighted by atomic mass is 9.88. The quantitative estimate of drug-likeness (QED) is 0.802. The van der Waals surface area contributed by atoms with Crippen molar-refractivity contribution in [2.75, 3.05) is 18.4 Å². The van der Waals surface area contributed by atoms with E-state index in [1.807, 2.05) is 6.07 Å². The summed E-state index contributed by atoms with van der Waals surface area (Å²) in [5, 5.41) is 11.3. The van der Waals surface area contributed by atoms with Crippen LogP contribution in [-0.4, -0.2) is 35.3 Å². The second kappa shape index (κ2) is 8.69. The monoisotopic (exact) mass is 390 g/mol. The van der Waals surface area contributed by atoms with Gasteiger partial charge in [-0.25, -0.2) is 18.4 Å². The van der Waals surface area contributed by atoms with Gasteiger partial charge in [-0.1, -0.05) is 30.3 Å². The first kappa shape index (κ1) is 19.6. The van der Waals surface area contributed by atoms with Crippen molar-refractivity contribution >= 4 is 17.9 Å². The maximum Gasteiger partial charge on any atom is 0.412 e. The number of benzene rings is 2. The molecule has 8 heteroatoms. The van der Waals surface area contributed by atoms with E-state index in [2.05, 4.69) is 5.32 Å². The number of hydrogen-bond acceptors (Lipinski definition) is 3. The molecule has 0 radical (unpaired) electrons. The average Bonchev–Trinajstić information content (AvgIpc) is 2.70. The number of nitrogens with one attached hydrogen (secondary N) is 1. The van der Waals surface area contributed by atoms with E-state index in [1.165, 1.54) is 4.90 Å². The summed E-state index contributed by atoms with van der Waals surface area (Å²) in [6.45, 7) is 0.432. The highest BCUT2D eigenvalue weighted by molar-refractivity contribution is 5.85. The predicted molar refractivity (Wildman–Crippen MR) is 98.2 cm³/mol. The molecule has 3 rings (SSSR count). The Morgan fingerprint density at radius 1 is 1.11 bits per heavy atom. The number of anilines is 1. The number of rotatable bonds is 4. The van der Waals surface area contributed by atoms with Gasteiger partial charge in [0.05, 0.1) is 5.69 Å². The zero-order valence-corrected chi connectivity index (χ0v) is 15.0. The third kappa shape index (κ3) is 4.57. The van der Waals surface area contributed by atoms with Crippen molar-refractivity contribution in [3.63, 3.8) is 0 Å². The van der Waals surface area contributed by atoms with Crippen LogP contribution < -0.4 is 5.32 Å². The van der Waals surface area contributed by atoms with Crippen LogP contribution >= 0.6 is 0 Å². The van der Waals surface area contributed by atoms with E-state index < -0.39 is 29.7 Å². The largest absolute Gasteiger partial charge is 0.465 e. The molecule has 6 nitrogen and oxygen atoms in total. The minimum atomic E-state index is -1.05. The number of likely N-dealkylation sites (tertiary alicyclic amines) is 1. The van der Waals surface area contributed by atoms with Gasteiger partial charge >= 0.3 is 12.2 Å². The standard InChI is InChI=1S/C20H20F2N2O4/c21-15-6-7-16(23-19(25)28-12-13-4-2-1-3-5-13)18(22)17(15)14-8-10-24(11-9-14)20(26)27/h1-7,14H,8-12H2,(H,23,25)(H,26,27). The number of carbonyl (C=O) groups is 2. The Kier molecular flexibility index (Phi) is 6.08. The van der Waals surface area contributed by atoms with E-state index in [4.69, 9.17) is 9.84 Å². The van der Waals surface area contributed by atoms with Crippen LogP contribution in [0.1, 0.15) is 29.9 Å². The molecule has 1 heterocycles. The lowest BCUT2D eigenvalue weighted by Crippen LogP contribution is -2.37. The minimum absolute atomic E-state index is 0.0238. The van der Waals surface area contributed by atoms with E-state index >= 15 is 0 Å². The molecular weight excluding hydrogens is 370 g/mol. The SMILES string of the molecule is O=C(Nc1ccc(F)c(C2CCN(C(=O)O)CC2)c1F)OCc1ccccc1. The second-order valence-corrected chi connectivity index (χ2v) is 6.55. The minimum Gasteiger partial charge on any atom is -0.465 e. The fourth-order valence-electron chi connectivity index (χ4n) is 3.27. The maximum atomic E-state index is 14.9. The van der Waals surface area contributed by atoms with Crippen molar-refractivity contribution in [1.29, 1.82) is 0 Å². The normalized spacial score (nSPS) is 14.6. The number of hydrogen-bond donors (Lipinski definition) is 2. The van der Waals surface area contributed by atoms with Crippen LogP contribution in [0.2, 0.25) is 0 Å². The van der Waals surface area contributed by atoms with Gasteiger partial charge in [0.2, 0.25) is 0 Å². The summed E-state index contributed by atoms with van der Waals surface area (Å²) in [4.78, 5) is 24.2. The van der Waals surface area contributed by atoms with E-state index in [1.54, 1.807) is 24.3 Å². The van der Waals surface area contributed by atoms with Crippen LogP contribution in [0.5, 0.6) is 0 Å². The van der Waals surface area contributed by atoms with Crippen molar-refractivity contribution in [2.45, 2.75) is 25.4 Å². The highest BCUT2D eigenvalue weighted by Gasteiger charge is 2.29. The van der Waals surface area contributed by atoms with Gasteiger partial charge in [0.15, 0.2) is 5.82 Å². The Bertz CT molecular complexity index is 853. The van der Waals surface area contributed by atoms with Crippen LogP contribution in [0.4, 0.5) is 24.1 Å². The molecule has 1 aliphatic rings. The van der Waals surface area contributed by atoms with E-state index in [-0.39, 0.29) is 30.9 Å². The lowest BCUT2D eigenvalue weighted by Gasteiger charge is -2.30. The molecule has 2 amide bonds. The molecule has 2 aromatic carbocycles. The van der Waals surface area contributed by atoms with Gasteiger partial charge in [0, 0.05) is 18.7 Å². The summed E-state index contributed by atoms with van der Waals surface area (Å²) in [7, 11) is 0. The summed E-state index contributed by atoms with van der Waals surface area (Å²) in [5.41, 5.74) is 0.476. The molecule has 0 atom stereocenters. The predicted octanol–water partition coefficient (Wildman–Crippen LogP) is 4.57. The number of piperidine rings is 1. The number of nitrogens with zero attached hydrogens (tertiary/aromatic N) is 1. The Morgan fingerprint density at radius 3 is 2.43 bits per heavy atom. The number of carboxylic acid groups (broad SMARTS) is 1. The number of amides is 2. The number of halogens is 2. The zero-order chi connectivity index (χ0) is 20.1. The van der Waals surface area contributed by atoms with Gasteiger partial charge in [-0.05, 0) is 36.5 Å². The van der Waals surface area contributed by atoms with E-state index in [9.17, 15) is 18.4 Å². The van der Waals surface area contributed by atoms with Gasteiger partial charge < -0.3 is 14.7 Å². The molecule has 0 unspecified atom stereocenters. The highest BCUT2D eigenvalue weighted by Crippen LogP contribution is 2.34. The van der Waals surface area contributed by atoms with Crippen LogP contribution in [0.15, 0.2) is 42.5 Å². The Hall–Kier alpha value is -3.16. The molecule has 1 fully saturated rings. The third-order valence-corrected chi connectivity index (χ3v) is 4.75. The van der Waals surface area contributed by atoms with Crippen LogP contribution in [0.25, 0.3) is 0 Å². The Balaban J connectivity index is 1.67. The number of ether oxygens (including phenoxy) is 1. The number of carbonyl (C=O) groups excluding carboxylic acids is 1. The molecule has 0 bridgehead atoms. The molecule has 0 spiro atoms. The molecule has 0 saturated carbocycles. The van der Waals surface area contributed by atoms with Crippen molar-refractivity contribution in [1.82, 2.24) is 4.90 Å². The van der Waals surface area contributed by atoms with Crippen molar-refractivity contribution in [3.05, 3.63) is 65.2 Å². The van der Waals surface area contributed by atoms with E-state index in [0.29, 0.717) is 12.8 Å². The second-order valence-electron chi connectivity index (χ2n) is 6.55. The zero-order valence-electron chi connectivity index (χ0n) is 15.0. The summed E-state index contributed by atoms with van der Waals surface area (Å²) in [6.07, 6.45) is -1.28. The van der Waals surface area contributed by atoms with Crippen molar-refractivity contribution in [3.8, 4) is 0 Å². The molecule has 1 saturated heterocycles. The molecule has 148 valence electrons. The van der Waals surface area contributed by atoms with Crippen molar-refractivity contribution < 1.29 is 28.2 Å². The summed E-state index contributed by atoms with van der Waals surface area (Å²) in [5.74, 6) is -2.03. The first-order chi connectivity index (χ1) is 13.5. The van der Waals surface area contributed by atoms with Gasteiger partial charge in [0.1, 0.15) is 12.4 Å². The molecule has 0 aromatic heterocycles. The summed E-state index contributed by atoms with van der Waals surface area (Å²) in [6, 6.07) is 11.2. The first-order valence-corrected chi connectivity index (χ1v) is 8.89. The molecule has 0 aliphatic carbocycles. The molecule has 2 aromatic rings. The molecule has 1 aliphatic heterocycles. The van der Waals surface area contributed by atoms with Gasteiger partial charge in [-0.3, -0.25) is 5.32 Å². The lowest BCUT2D eigenvalue weighted by molar-refractivity contribution is 0.131. The van der Waals surface area contributed by atoms with Crippen LogP contribution in [0, 0.1) is 11.6 Å². The summed E-state index contributed by atoms with van der Waals surface area (Å²) >= 11 is 0.